The Balaban J connectivity index is 1.88. The number of nitrogens with one attached hydrogen (secondary N) is 1. The third-order valence-electron chi connectivity index (χ3n) is 3.81. The topological polar surface area (TPSA) is 47.0 Å². The van der Waals surface area contributed by atoms with E-state index in [0.29, 0.717) is 0 Å². The van der Waals surface area contributed by atoms with E-state index in [9.17, 15) is 0 Å². The Morgan fingerprint density at radius 3 is 2.68 bits per heavy atom. The van der Waals surface area contributed by atoms with Crippen molar-refractivity contribution in [3.8, 4) is 0 Å². The second-order valence-electron chi connectivity index (χ2n) is 5.24. The number of rotatable bonds is 5. The molecule has 0 radical (unpaired) electrons. The van der Waals surface area contributed by atoms with Gasteiger partial charge in [-0.25, -0.2) is 9.97 Å². The fraction of sp³-hybridized carbons (Fsp3) is 0.294. The Kier molecular flexibility index (Phi) is 4.36. The molecular formula is C17H19N3OS. The van der Waals surface area contributed by atoms with Crippen molar-refractivity contribution < 1.29 is 4.74 Å². The number of hydrogen-bond acceptors (Lipinski definition) is 5. The van der Waals surface area contributed by atoms with Crippen LogP contribution < -0.4 is 5.32 Å². The van der Waals surface area contributed by atoms with Gasteiger partial charge in [-0.3, -0.25) is 0 Å². The highest BCUT2D eigenvalue weighted by atomic mass is 32.1. The maximum Gasteiger partial charge on any atom is 0.140 e. The zero-order valence-corrected chi connectivity index (χ0v) is 13.8. The lowest BCUT2D eigenvalue weighted by Gasteiger charge is -2.18. The van der Waals surface area contributed by atoms with Crippen molar-refractivity contribution in [1.82, 2.24) is 9.97 Å². The first-order valence-corrected chi connectivity index (χ1v) is 8.04. The summed E-state index contributed by atoms with van der Waals surface area (Å²) in [6, 6.07) is 10.3. The van der Waals surface area contributed by atoms with Crippen molar-refractivity contribution in [1.29, 1.82) is 0 Å². The van der Waals surface area contributed by atoms with E-state index in [1.54, 1.807) is 24.8 Å². The SMILES string of the molecule is COC(Cc1ccccc1)Nc1ncnc2sc(C)c(C)c12. The molecule has 3 rings (SSSR count). The molecule has 2 aromatic heterocycles. The second kappa shape index (κ2) is 6.42. The van der Waals surface area contributed by atoms with Crippen molar-refractivity contribution in [2.24, 2.45) is 0 Å². The molecule has 4 nitrogen and oxygen atoms in total. The van der Waals surface area contributed by atoms with Crippen LogP contribution in [0.3, 0.4) is 0 Å². The minimum atomic E-state index is -0.125. The van der Waals surface area contributed by atoms with Crippen LogP contribution in [0.1, 0.15) is 16.0 Å². The zero-order chi connectivity index (χ0) is 15.5. The molecular weight excluding hydrogens is 294 g/mol. The molecule has 0 aliphatic carbocycles. The highest BCUT2D eigenvalue weighted by molar-refractivity contribution is 7.18. The fourth-order valence-electron chi connectivity index (χ4n) is 2.47. The molecule has 3 aromatic rings. The van der Waals surface area contributed by atoms with Crippen molar-refractivity contribution in [3.63, 3.8) is 0 Å². The first-order valence-electron chi connectivity index (χ1n) is 7.23. The van der Waals surface area contributed by atoms with Crippen LogP contribution in [0.25, 0.3) is 10.2 Å². The number of anilines is 1. The van der Waals surface area contributed by atoms with Gasteiger partial charge in [0.25, 0.3) is 0 Å². The van der Waals surface area contributed by atoms with Crippen molar-refractivity contribution in [3.05, 3.63) is 52.7 Å². The minimum absolute atomic E-state index is 0.125. The molecule has 0 fully saturated rings. The first-order chi connectivity index (χ1) is 10.7. The van der Waals surface area contributed by atoms with Crippen LogP contribution in [0.2, 0.25) is 0 Å². The number of thiophene rings is 1. The summed E-state index contributed by atoms with van der Waals surface area (Å²) < 4.78 is 5.59. The van der Waals surface area contributed by atoms with Crippen molar-refractivity contribution >= 4 is 27.4 Å². The molecule has 0 spiro atoms. The van der Waals surface area contributed by atoms with Crippen LogP contribution in [0.5, 0.6) is 0 Å². The van der Waals surface area contributed by atoms with E-state index in [0.717, 1.165) is 22.5 Å². The van der Waals surface area contributed by atoms with Gasteiger partial charge in [-0.2, -0.15) is 0 Å². The van der Waals surface area contributed by atoms with Gasteiger partial charge in [0.1, 0.15) is 23.2 Å². The number of ether oxygens (including phenoxy) is 1. The quantitative estimate of drug-likeness (QED) is 0.725. The molecule has 0 amide bonds. The largest absolute Gasteiger partial charge is 0.361 e. The smallest absolute Gasteiger partial charge is 0.140 e. The van der Waals surface area contributed by atoms with E-state index in [1.807, 2.05) is 18.2 Å². The van der Waals surface area contributed by atoms with Gasteiger partial charge in [-0.1, -0.05) is 30.3 Å². The third kappa shape index (κ3) is 2.96. The molecule has 1 aromatic carbocycles. The summed E-state index contributed by atoms with van der Waals surface area (Å²) in [4.78, 5) is 11.1. The number of methoxy groups -OCH3 is 1. The molecule has 1 N–H and O–H groups in total. The van der Waals surface area contributed by atoms with E-state index >= 15 is 0 Å². The standard InChI is InChI=1S/C17H19N3OS/c1-11-12(2)22-17-15(11)16(18-10-19-17)20-14(21-3)9-13-7-5-4-6-8-13/h4-8,10,14H,9H2,1-3H3,(H,18,19,20). The predicted octanol–water partition coefficient (Wildman–Crippen LogP) is 3.94. The van der Waals surface area contributed by atoms with Crippen LogP contribution in [-0.4, -0.2) is 23.3 Å². The van der Waals surface area contributed by atoms with Gasteiger partial charge in [0.05, 0.1) is 5.39 Å². The molecule has 0 aliphatic rings. The van der Waals surface area contributed by atoms with Gasteiger partial charge in [0.2, 0.25) is 0 Å². The van der Waals surface area contributed by atoms with Gasteiger partial charge in [-0.05, 0) is 25.0 Å². The van der Waals surface area contributed by atoms with Gasteiger partial charge in [0.15, 0.2) is 0 Å². The molecule has 1 unspecified atom stereocenters. The van der Waals surface area contributed by atoms with Crippen LogP contribution >= 0.6 is 11.3 Å². The molecule has 5 heteroatoms. The fourth-order valence-corrected chi connectivity index (χ4v) is 3.46. The molecule has 2 heterocycles. The molecule has 22 heavy (non-hydrogen) atoms. The lowest BCUT2D eigenvalue weighted by Crippen LogP contribution is -2.25. The average Bonchev–Trinajstić information content (AvgIpc) is 2.83. The lowest BCUT2D eigenvalue weighted by atomic mass is 10.1. The van der Waals surface area contributed by atoms with E-state index in [4.69, 9.17) is 4.74 Å². The third-order valence-corrected chi connectivity index (χ3v) is 4.93. The van der Waals surface area contributed by atoms with Crippen LogP contribution in [-0.2, 0) is 11.2 Å². The van der Waals surface area contributed by atoms with Crippen LogP contribution in [0.4, 0.5) is 5.82 Å². The Morgan fingerprint density at radius 1 is 1.18 bits per heavy atom. The van der Waals surface area contributed by atoms with Gasteiger partial charge >= 0.3 is 0 Å². The summed E-state index contributed by atoms with van der Waals surface area (Å²) in [5.41, 5.74) is 2.46. The van der Waals surface area contributed by atoms with Crippen molar-refractivity contribution in [2.45, 2.75) is 26.5 Å². The summed E-state index contributed by atoms with van der Waals surface area (Å²) >= 11 is 1.70. The van der Waals surface area contributed by atoms with E-state index in [2.05, 4.69) is 41.3 Å². The molecule has 0 aliphatic heterocycles. The maximum atomic E-state index is 5.59. The zero-order valence-electron chi connectivity index (χ0n) is 13.0. The number of nitrogens with zero attached hydrogens (tertiary/aromatic N) is 2. The van der Waals surface area contributed by atoms with Gasteiger partial charge in [-0.15, -0.1) is 11.3 Å². The maximum absolute atomic E-state index is 5.59. The minimum Gasteiger partial charge on any atom is -0.361 e. The molecule has 0 bridgehead atoms. The van der Waals surface area contributed by atoms with Crippen LogP contribution in [0.15, 0.2) is 36.7 Å². The first kappa shape index (κ1) is 14.9. The van der Waals surface area contributed by atoms with Crippen molar-refractivity contribution in [2.75, 3.05) is 12.4 Å². The predicted molar refractivity (Wildman–Crippen MR) is 91.5 cm³/mol. The monoisotopic (exact) mass is 313 g/mol. The normalized spacial score (nSPS) is 12.5. The highest BCUT2D eigenvalue weighted by Crippen LogP contribution is 2.32. The second-order valence-corrected chi connectivity index (χ2v) is 6.45. The molecule has 1 atom stereocenters. The summed E-state index contributed by atoms with van der Waals surface area (Å²) in [5.74, 6) is 0.842. The number of fused-ring (bicyclic) bond motifs is 1. The molecule has 0 saturated carbocycles. The summed E-state index contributed by atoms with van der Waals surface area (Å²) in [6.45, 7) is 4.23. The number of benzene rings is 1. The molecule has 0 saturated heterocycles. The highest BCUT2D eigenvalue weighted by Gasteiger charge is 2.15. The van der Waals surface area contributed by atoms with E-state index < -0.39 is 0 Å². The number of aromatic nitrogens is 2. The van der Waals surface area contributed by atoms with E-state index in [-0.39, 0.29) is 6.23 Å². The Morgan fingerprint density at radius 2 is 1.95 bits per heavy atom. The summed E-state index contributed by atoms with van der Waals surface area (Å²) in [5, 5.41) is 4.50. The average molecular weight is 313 g/mol. The Labute approximate surface area is 134 Å². The summed E-state index contributed by atoms with van der Waals surface area (Å²) in [6.07, 6.45) is 2.26. The van der Waals surface area contributed by atoms with Crippen LogP contribution in [0, 0.1) is 13.8 Å². The molecule has 114 valence electrons. The Bertz CT molecular complexity index is 770. The van der Waals surface area contributed by atoms with Gasteiger partial charge < -0.3 is 10.1 Å². The number of hydrogen-bond donors (Lipinski definition) is 1. The Hall–Kier alpha value is -1.98. The van der Waals surface area contributed by atoms with E-state index in [1.165, 1.54) is 16.0 Å². The summed E-state index contributed by atoms with van der Waals surface area (Å²) in [7, 11) is 1.71. The van der Waals surface area contributed by atoms with Gasteiger partial charge in [0, 0.05) is 18.4 Å². The lowest BCUT2D eigenvalue weighted by molar-refractivity contribution is 0.125. The number of aryl methyl sites for hydroxylation is 2.